The van der Waals surface area contributed by atoms with Gasteiger partial charge in [-0.25, -0.2) is 0 Å². The van der Waals surface area contributed by atoms with Crippen LogP contribution in [-0.2, 0) is 0 Å². The van der Waals surface area contributed by atoms with Crippen LogP contribution >= 0.6 is 11.6 Å². The molecule has 57 valence electrons. The molecule has 0 saturated carbocycles. The minimum atomic E-state index is -0.724. The Hall–Kier alpha value is -1.29. The first-order valence-electron chi connectivity index (χ1n) is 2.66. The number of nitro benzene ring substituents is 1. The number of phenolic OH excluding ortho intramolecular Hbond substituents is 1. The van der Waals surface area contributed by atoms with Crippen molar-refractivity contribution in [2.45, 2.75) is 0 Å². The van der Waals surface area contributed by atoms with E-state index in [1.807, 2.05) is 0 Å². The van der Waals surface area contributed by atoms with Crippen LogP contribution in [0.15, 0.2) is 12.1 Å². The van der Waals surface area contributed by atoms with Crippen LogP contribution in [0.3, 0.4) is 0 Å². The summed E-state index contributed by atoms with van der Waals surface area (Å²) in [5.41, 5.74) is -0.433. The number of rotatable bonds is 1. The molecule has 0 spiro atoms. The standard InChI is InChI=1S/C6H3ClNO3/c7-4-1-2-6(9)5(3-4)8(10)11/h1,3,9H. The Morgan fingerprint density at radius 1 is 1.73 bits per heavy atom. The molecule has 0 atom stereocenters. The molecule has 0 unspecified atom stereocenters. The third kappa shape index (κ3) is 1.59. The molecule has 0 bridgehead atoms. The Kier molecular flexibility index (Phi) is 1.96. The lowest BCUT2D eigenvalue weighted by Gasteiger charge is -1.93. The van der Waals surface area contributed by atoms with Gasteiger partial charge in [-0.15, -0.1) is 0 Å². The Morgan fingerprint density at radius 3 is 2.82 bits per heavy atom. The molecule has 0 heterocycles. The molecule has 0 aliphatic carbocycles. The van der Waals surface area contributed by atoms with Gasteiger partial charge in [-0.05, 0) is 6.07 Å². The second-order valence-electron chi connectivity index (χ2n) is 1.81. The summed E-state index contributed by atoms with van der Waals surface area (Å²) in [6.07, 6.45) is 0. The SMILES string of the molecule is O=[N+]([O-])c1cc(Cl)c[c]c1O. The summed E-state index contributed by atoms with van der Waals surface area (Å²) in [5, 5.41) is 19.2. The van der Waals surface area contributed by atoms with Gasteiger partial charge in [-0.1, -0.05) is 11.6 Å². The largest absolute Gasteiger partial charge is 0.502 e. The van der Waals surface area contributed by atoms with Gasteiger partial charge in [0.1, 0.15) is 0 Å². The van der Waals surface area contributed by atoms with Gasteiger partial charge in [-0.3, -0.25) is 10.1 Å². The molecule has 0 saturated heterocycles. The van der Waals surface area contributed by atoms with Gasteiger partial charge in [0.05, 0.1) is 4.92 Å². The first kappa shape index (κ1) is 7.81. The number of halogens is 1. The molecule has 1 aromatic carbocycles. The van der Waals surface area contributed by atoms with Gasteiger partial charge in [0.25, 0.3) is 0 Å². The number of nitrogens with zero attached hydrogens (tertiary/aromatic N) is 1. The van der Waals surface area contributed by atoms with Gasteiger partial charge < -0.3 is 5.11 Å². The van der Waals surface area contributed by atoms with E-state index in [0.717, 1.165) is 6.07 Å². The first-order valence-corrected chi connectivity index (χ1v) is 3.03. The maximum Gasteiger partial charge on any atom is 0.312 e. The average molecular weight is 173 g/mol. The van der Waals surface area contributed by atoms with Crippen LogP contribution in [0.5, 0.6) is 5.75 Å². The lowest BCUT2D eigenvalue weighted by Crippen LogP contribution is -1.87. The maximum atomic E-state index is 10.1. The van der Waals surface area contributed by atoms with E-state index in [9.17, 15) is 10.1 Å². The third-order valence-electron chi connectivity index (χ3n) is 1.06. The van der Waals surface area contributed by atoms with Crippen LogP contribution in [0.1, 0.15) is 0 Å². The first-order chi connectivity index (χ1) is 5.11. The summed E-state index contributed by atoms with van der Waals surface area (Å²) in [6.45, 7) is 0. The summed E-state index contributed by atoms with van der Waals surface area (Å²) in [6, 6.07) is 4.55. The highest BCUT2D eigenvalue weighted by Gasteiger charge is 2.12. The second-order valence-corrected chi connectivity index (χ2v) is 2.25. The molecule has 1 N–H and O–H groups in total. The number of hydrogen-bond acceptors (Lipinski definition) is 3. The zero-order valence-electron chi connectivity index (χ0n) is 5.24. The fourth-order valence-electron chi connectivity index (χ4n) is 0.591. The Morgan fingerprint density at radius 2 is 2.36 bits per heavy atom. The highest BCUT2D eigenvalue weighted by molar-refractivity contribution is 6.30. The van der Waals surface area contributed by atoms with E-state index in [2.05, 4.69) is 6.07 Å². The molecular formula is C6H3ClNO3. The average Bonchev–Trinajstić information content (AvgIpc) is 1.94. The van der Waals surface area contributed by atoms with Crippen LogP contribution in [0, 0.1) is 16.2 Å². The summed E-state index contributed by atoms with van der Waals surface area (Å²) in [5.74, 6) is -0.501. The molecule has 1 aromatic rings. The van der Waals surface area contributed by atoms with Crippen LogP contribution in [0.2, 0.25) is 5.02 Å². The number of nitro groups is 1. The number of benzene rings is 1. The van der Waals surface area contributed by atoms with Gasteiger partial charge in [0, 0.05) is 17.2 Å². The predicted octanol–water partition coefficient (Wildman–Crippen LogP) is 1.75. The van der Waals surface area contributed by atoms with E-state index >= 15 is 0 Å². The van der Waals surface area contributed by atoms with E-state index in [4.69, 9.17) is 16.7 Å². The maximum absolute atomic E-state index is 10.1. The summed E-state index contributed by atoms with van der Waals surface area (Å²) < 4.78 is 0. The van der Waals surface area contributed by atoms with Crippen molar-refractivity contribution in [3.63, 3.8) is 0 Å². The van der Waals surface area contributed by atoms with E-state index < -0.39 is 16.4 Å². The van der Waals surface area contributed by atoms with Crippen LogP contribution in [0.4, 0.5) is 5.69 Å². The lowest BCUT2D eigenvalue weighted by atomic mass is 10.3. The van der Waals surface area contributed by atoms with Crippen molar-refractivity contribution in [3.8, 4) is 5.75 Å². The van der Waals surface area contributed by atoms with E-state index in [1.165, 1.54) is 6.07 Å². The van der Waals surface area contributed by atoms with E-state index in [0.29, 0.717) is 0 Å². The summed E-state index contributed by atoms with van der Waals surface area (Å²) in [4.78, 5) is 9.42. The van der Waals surface area contributed by atoms with Crippen molar-refractivity contribution in [2.24, 2.45) is 0 Å². The van der Waals surface area contributed by atoms with Crippen molar-refractivity contribution < 1.29 is 10.0 Å². The molecule has 1 radical (unpaired) electrons. The molecule has 0 aliphatic rings. The molecule has 4 nitrogen and oxygen atoms in total. The van der Waals surface area contributed by atoms with Crippen LogP contribution in [-0.4, -0.2) is 10.0 Å². The van der Waals surface area contributed by atoms with Gasteiger partial charge in [-0.2, -0.15) is 0 Å². The molecule has 5 heteroatoms. The summed E-state index contributed by atoms with van der Waals surface area (Å²) in [7, 11) is 0. The highest BCUT2D eigenvalue weighted by atomic mass is 35.5. The molecule has 0 aromatic heterocycles. The third-order valence-corrected chi connectivity index (χ3v) is 1.28. The molecule has 0 amide bonds. The number of hydrogen-bond donors (Lipinski definition) is 1. The van der Waals surface area contributed by atoms with Crippen molar-refractivity contribution in [3.05, 3.63) is 33.3 Å². The van der Waals surface area contributed by atoms with Gasteiger partial charge in [0.2, 0.25) is 5.75 Å². The van der Waals surface area contributed by atoms with Crippen LogP contribution in [0.25, 0.3) is 0 Å². The number of phenols is 1. The highest BCUT2D eigenvalue weighted by Crippen LogP contribution is 2.27. The zero-order chi connectivity index (χ0) is 8.43. The fraction of sp³-hybridized carbons (Fsp3) is 0. The number of aromatic hydroxyl groups is 1. The Labute approximate surface area is 67.2 Å². The van der Waals surface area contributed by atoms with Gasteiger partial charge in [0.15, 0.2) is 0 Å². The van der Waals surface area contributed by atoms with Crippen LogP contribution < -0.4 is 0 Å². The minimum absolute atomic E-state index is 0.175. The fourth-order valence-corrected chi connectivity index (χ4v) is 0.749. The molecular weight excluding hydrogens is 170 g/mol. The van der Waals surface area contributed by atoms with Crippen molar-refractivity contribution in [2.75, 3.05) is 0 Å². The monoisotopic (exact) mass is 172 g/mol. The molecule has 11 heavy (non-hydrogen) atoms. The topological polar surface area (TPSA) is 63.4 Å². The van der Waals surface area contributed by atoms with Crippen molar-refractivity contribution >= 4 is 17.3 Å². The Bertz CT molecular complexity index is 300. The Balaban J connectivity index is 3.23. The second kappa shape index (κ2) is 2.75. The van der Waals surface area contributed by atoms with E-state index in [1.54, 1.807) is 0 Å². The van der Waals surface area contributed by atoms with E-state index in [-0.39, 0.29) is 5.02 Å². The summed E-state index contributed by atoms with van der Waals surface area (Å²) >= 11 is 5.41. The molecule has 0 fully saturated rings. The molecule has 0 aliphatic heterocycles. The van der Waals surface area contributed by atoms with Gasteiger partial charge >= 0.3 is 5.69 Å². The predicted molar refractivity (Wildman–Crippen MR) is 38.6 cm³/mol. The molecule has 1 rings (SSSR count). The normalized spacial score (nSPS) is 9.55. The smallest absolute Gasteiger partial charge is 0.312 e. The van der Waals surface area contributed by atoms with Crippen molar-refractivity contribution in [1.29, 1.82) is 0 Å². The zero-order valence-corrected chi connectivity index (χ0v) is 6.00. The lowest BCUT2D eigenvalue weighted by molar-refractivity contribution is -0.385. The quantitative estimate of drug-likeness (QED) is 0.519. The minimum Gasteiger partial charge on any atom is -0.502 e. The van der Waals surface area contributed by atoms with Crippen molar-refractivity contribution in [1.82, 2.24) is 0 Å².